The van der Waals surface area contributed by atoms with Gasteiger partial charge in [0, 0.05) is 0 Å². The predicted molar refractivity (Wildman–Crippen MR) is 122 cm³/mol. The van der Waals surface area contributed by atoms with Gasteiger partial charge >= 0.3 is 186 Å². The molecule has 3 aromatic carbocycles. The van der Waals surface area contributed by atoms with Gasteiger partial charge in [0.1, 0.15) is 0 Å². The molecule has 0 saturated heterocycles. The zero-order valence-corrected chi connectivity index (χ0v) is 18.7. The summed E-state index contributed by atoms with van der Waals surface area (Å²) in [6, 6.07) is 23.9. The Bertz CT molecular complexity index is 1350. The molecule has 1 unspecified atom stereocenters. The van der Waals surface area contributed by atoms with Gasteiger partial charge in [0.2, 0.25) is 0 Å². The third-order valence-electron chi connectivity index (χ3n) is 5.87. The average molecular weight is 476 g/mol. The zero-order chi connectivity index (χ0) is 20.9. The van der Waals surface area contributed by atoms with Crippen LogP contribution in [0.15, 0.2) is 72.8 Å². The molecule has 1 aliphatic rings. The van der Waals surface area contributed by atoms with Crippen molar-refractivity contribution in [2.45, 2.75) is 17.7 Å². The monoisotopic (exact) mass is 476 g/mol. The molecule has 1 aliphatic heterocycles. The maximum atomic E-state index is 14.0. The second-order valence-electron chi connectivity index (χ2n) is 7.65. The van der Waals surface area contributed by atoms with Gasteiger partial charge in [0.25, 0.3) is 0 Å². The van der Waals surface area contributed by atoms with Gasteiger partial charge in [-0.15, -0.1) is 0 Å². The Kier molecular flexibility index (Phi) is 4.56. The van der Waals surface area contributed by atoms with Crippen molar-refractivity contribution >= 4 is 43.4 Å². The van der Waals surface area contributed by atoms with Crippen LogP contribution in [0.4, 0.5) is 0 Å². The van der Waals surface area contributed by atoms with Crippen molar-refractivity contribution in [1.29, 1.82) is 5.26 Å². The number of fused-ring (bicyclic) bond motifs is 5. The Morgan fingerprint density at radius 2 is 1.80 bits per heavy atom. The van der Waals surface area contributed by atoms with Crippen LogP contribution < -0.4 is 0 Å². The first-order chi connectivity index (χ1) is 14.6. The molecule has 0 spiro atoms. The number of hydrogen-bond donors (Lipinski definition) is 0. The summed E-state index contributed by atoms with van der Waals surface area (Å²) in [7, 11) is 0. The molecule has 146 valence electrons. The molecule has 0 saturated carbocycles. The molecule has 1 aromatic heterocycles. The maximum absolute atomic E-state index is 14.0. The number of nitriles is 1. The number of nitrogens with zero attached hydrogens (tertiary/aromatic N) is 2. The minimum absolute atomic E-state index is 0.0165. The first kappa shape index (κ1) is 19.2. The molecular weight excluding hydrogens is 459 g/mol. The molecule has 0 aliphatic carbocycles. The van der Waals surface area contributed by atoms with Crippen molar-refractivity contribution < 1.29 is 4.79 Å². The number of hydrogen-bond acceptors (Lipinski definition) is 2. The van der Waals surface area contributed by atoms with E-state index in [2.05, 4.69) is 23.2 Å². The van der Waals surface area contributed by atoms with Gasteiger partial charge in [-0.25, -0.2) is 0 Å². The SMILES string of the molecule is CC1(C[Se]C#N)C(=O)n2c(c(-c3ccccc3)c3cc(Cl)ccc32)-c2ccccc21. The first-order valence-corrected chi connectivity index (χ1v) is 12.1. The second kappa shape index (κ2) is 7.14. The Morgan fingerprint density at radius 1 is 1.07 bits per heavy atom. The van der Waals surface area contributed by atoms with Crippen LogP contribution in [0, 0.1) is 10.2 Å². The molecule has 0 radical (unpaired) electrons. The molecule has 2 heterocycles. The molecule has 1 atom stereocenters. The summed E-state index contributed by atoms with van der Waals surface area (Å²) >= 11 is 6.10. The van der Waals surface area contributed by atoms with Crippen molar-refractivity contribution in [3.05, 3.63) is 83.4 Å². The number of carbonyl (C=O) groups is 1. The summed E-state index contributed by atoms with van der Waals surface area (Å²) in [5.41, 5.74) is 5.11. The third-order valence-corrected chi connectivity index (χ3v) is 7.89. The van der Waals surface area contributed by atoms with E-state index in [4.69, 9.17) is 11.6 Å². The van der Waals surface area contributed by atoms with Crippen LogP contribution in [0.2, 0.25) is 10.3 Å². The van der Waals surface area contributed by atoms with Crippen molar-refractivity contribution in [2.75, 3.05) is 0 Å². The van der Waals surface area contributed by atoms with Crippen LogP contribution in [0.5, 0.6) is 0 Å². The van der Waals surface area contributed by atoms with Crippen LogP contribution in [0.3, 0.4) is 0 Å². The zero-order valence-electron chi connectivity index (χ0n) is 16.2. The number of carbonyl (C=O) groups excluding carboxylic acids is 1. The van der Waals surface area contributed by atoms with Crippen LogP contribution >= 0.6 is 11.6 Å². The van der Waals surface area contributed by atoms with Gasteiger partial charge in [-0.1, -0.05) is 0 Å². The van der Waals surface area contributed by atoms with Crippen LogP contribution in [0.25, 0.3) is 33.3 Å². The standard InChI is InChI=1S/C25H17ClN2OSe/c1-25(14-30-15-27)20-10-6-5-9-18(20)23-22(16-7-3-2-4-8-16)19-13-17(26)11-12-21(19)28(23)24(25)29/h2-13H,14H2,1H3. The van der Waals surface area contributed by atoms with Crippen LogP contribution in [-0.2, 0) is 5.41 Å². The van der Waals surface area contributed by atoms with Crippen molar-refractivity contribution in [2.24, 2.45) is 0 Å². The second-order valence-corrected chi connectivity index (χ2v) is 9.68. The van der Waals surface area contributed by atoms with E-state index in [1.807, 2.05) is 66.1 Å². The Hall–Kier alpha value is -2.83. The number of halogens is 1. The third kappa shape index (κ3) is 2.67. The minimum atomic E-state index is -0.737. The van der Waals surface area contributed by atoms with Gasteiger partial charge in [0.05, 0.1) is 0 Å². The molecule has 0 fully saturated rings. The summed E-state index contributed by atoms with van der Waals surface area (Å²) in [6.45, 7) is 1.97. The average Bonchev–Trinajstić information content (AvgIpc) is 3.11. The van der Waals surface area contributed by atoms with E-state index < -0.39 is 5.41 Å². The fourth-order valence-electron chi connectivity index (χ4n) is 4.48. The molecule has 30 heavy (non-hydrogen) atoms. The molecule has 4 aromatic rings. The van der Waals surface area contributed by atoms with Crippen molar-refractivity contribution in [3.8, 4) is 27.4 Å². The van der Waals surface area contributed by atoms with E-state index in [0.29, 0.717) is 10.3 Å². The van der Waals surface area contributed by atoms with Crippen molar-refractivity contribution in [1.82, 2.24) is 4.57 Å². The van der Waals surface area contributed by atoms with Gasteiger partial charge in [0.15, 0.2) is 0 Å². The number of benzene rings is 3. The normalized spacial score (nSPS) is 17.4. The molecule has 5 rings (SSSR count). The Balaban J connectivity index is 1.94. The summed E-state index contributed by atoms with van der Waals surface area (Å²) in [4.78, 5) is 16.3. The fraction of sp³-hybridized carbons (Fsp3) is 0.120. The summed E-state index contributed by atoms with van der Waals surface area (Å²) in [5.74, 6) is 0.0165. The molecule has 0 bridgehead atoms. The molecule has 0 N–H and O–H groups in total. The first-order valence-electron chi connectivity index (χ1n) is 9.61. The van der Waals surface area contributed by atoms with E-state index in [9.17, 15) is 10.1 Å². The molecule has 5 heteroatoms. The van der Waals surface area contributed by atoms with Gasteiger partial charge < -0.3 is 0 Å². The summed E-state index contributed by atoms with van der Waals surface area (Å²) < 4.78 is 1.85. The van der Waals surface area contributed by atoms with Crippen LogP contribution in [0.1, 0.15) is 17.3 Å². The van der Waals surface area contributed by atoms with Crippen LogP contribution in [-0.4, -0.2) is 25.4 Å². The van der Waals surface area contributed by atoms with Gasteiger partial charge in [-0.05, 0) is 0 Å². The van der Waals surface area contributed by atoms with Crippen molar-refractivity contribution in [3.63, 3.8) is 0 Å². The quantitative estimate of drug-likeness (QED) is 0.334. The molecule has 3 nitrogen and oxygen atoms in total. The van der Waals surface area contributed by atoms with Gasteiger partial charge in [-0.3, -0.25) is 0 Å². The Morgan fingerprint density at radius 3 is 2.57 bits per heavy atom. The Labute approximate surface area is 186 Å². The predicted octanol–water partition coefficient (Wildman–Crippen LogP) is 6.14. The number of aromatic nitrogens is 1. The fourth-order valence-corrected chi connectivity index (χ4v) is 5.97. The number of rotatable bonds is 3. The van der Waals surface area contributed by atoms with E-state index >= 15 is 0 Å². The topological polar surface area (TPSA) is 45.8 Å². The summed E-state index contributed by atoms with van der Waals surface area (Å²) in [6.07, 6.45) is 0. The van der Waals surface area contributed by atoms with E-state index in [-0.39, 0.29) is 20.9 Å². The van der Waals surface area contributed by atoms with Gasteiger partial charge in [-0.2, -0.15) is 0 Å². The molecule has 0 amide bonds. The van der Waals surface area contributed by atoms with E-state index in [1.54, 1.807) is 0 Å². The molecular formula is C25H17ClN2OSe. The summed E-state index contributed by atoms with van der Waals surface area (Å²) in [5, 5.41) is 11.4. The van der Waals surface area contributed by atoms with E-state index in [0.717, 1.165) is 38.9 Å². The van der Waals surface area contributed by atoms with E-state index in [1.165, 1.54) is 0 Å².